The second-order valence-corrected chi connectivity index (χ2v) is 10.6. The number of ether oxygens (including phenoxy) is 1. The van der Waals surface area contributed by atoms with Crippen molar-refractivity contribution in [2.24, 2.45) is 16.7 Å². The molecule has 33 heavy (non-hydrogen) atoms. The van der Waals surface area contributed by atoms with Crippen molar-refractivity contribution in [3.8, 4) is 0 Å². The molecule has 3 aliphatic rings. The maximum Gasteiger partial charge on any atom is 0.326 e. The molecule has 7 nitrogen and oxygen atoms in total. The molecule has 1 aromatic rings. The van der Waals surface area contributed by atoms with Gasteiger partial charge in [-0.3, -0.25) is 9.59 Å². The van der Waals surface area contributed by atoms with Crippen molar-refractivity contribution < 1.29 is 29.3 Å². The lowest BCUT2D eigenvalue weighted by molar-refractivity contribution is -0.173. The molecule has 0 aromatic heterocycles. The quantitative estimate of drug-likeness (QED) is 0.662. The molecule has 0 saturated heterocycles. The summed E-state index contributed by atoms with van der Waals surface area (Å²) in [4.78, 5) is 39.4. The molecular weight excluding hydrogens is 422 g/mol. The van der Waals surface area contributed by atoms with Gasteiger partial charge in [0.15, 0.2) is 0 Å². The zero-order valence-corrected chi connectivity index (χ0v) is 19.7. The second-order valence-electron chi connectivity index (χ2n) is 10.6. The topological polar surface area (TPSA) is 104 Å². The summed E-state index contributed by atoms with van der Waals surface area (Å²) in [6.07, 6.45) is 0.785. The molecule has 178 valence electrons. The van der Waals surface area contributed by atoms with Crippen LogP contribution in [0.2, 0.25) is 0 Å². The fourth-order valence-electron chi connectivity index (χ4n) is 6.76. The Morgan fingerprint density at radius 3 is 2.45 bits per heavy atom. The predicted molar refractivity (Wildman–Crippen MR) is 121 cm³/mol. The van der Waals surface area contributed by atoms with Gasteiger partial charge >= 0.3 is 11.9 Å². The van der Waals surface area contributed by atoms with Crippen LogP contribution in [0.15, 0.2) is 41.5 Å². The molecule has 0 radical (unpaired) electrons. The molecule has 1 saturated carbocycles. The van der Waals surface area contributed by atoms with Crippen LogP contribution in [0.5, 0.6) is 0 Å². The largest absolute Gasteiger partial charge is 0.480 e. The maximum absolute atomic E-state index is 13.8. The highest BCUT2D eigenvalue weighted by atomic mass is 16.6. The van der Waals surface area contributed by atoms with Gasteiger partial charge in [-0.1, -0.05) is 57.5 Å². The fourth-order valence-corrected chi connectivity index (χ4v) is 6.76. The van der Waals surface area contributed by atoms with Gasteiger partial charge < -0.3 is 19.8 Å². The fraction of sp³-hybridized carbons (Fsp3) is 0.577. The lowest BCUT2D eigenvalue weighted by atomic mass is 9.49. The smallest absolute Gasteiger partial charge is 0.326 e. The lowest BCUT2D eigenvalue weighted by Gasteiger charge is -2.57. The van der Waals surface area contributed by atoms with Crippen molar-refractivity contribution >= 4 is 17.8 Å². The van der Waals surface area contributed by atoms with E-state index in [1.807, 2.05) is 37.3 Å². The van der Waals surface area contributed by atoms with E-state index in [9.17, 15) is 24.6 Å². The highest BCUT2D eigenvalue weighted by molar-refractivity contribution is 6.01. The zero-order chi connectivity index (χ0) is 24.1. The number of carbonyl (C=O) groups is 3. The number of amides is 1. The molecule has 1 heterocycles. The Bertz CT molecular complexity index is 999. The predicted octanol–water partition coefficient (Wildman–Crippen LogP) is 2.96. The zero-order valence-electron chi connectivity index (χ0n) is 19.7. The first-order valence-electron chi connectivity index (χ1n) is 11.6. The van der Waals surface area contributed by atoms with Crippen LogP contribution in [0.3, 0.4) is 0 Å². The summed E-state index contributed by atoms with van der Waals surface area (Å²) in [5.41, 5.74) is 0.968. The number of rotatable bonds is 5. The van der Waals surface area contributed by atoms with Crippen LogP contribution >= 0.6 is 0 Å². The molecule has 2 aliphatic carbocycles. The normalized spacial score (nSPS) is 31.6. The number of carbonyl (C=O) groups excluding carboxylic acids is 2. The van der Waals surface area contributed by atoms with E-state index in [-0.39, 0.29) is 30.2 Å². The highest BCUT2D eigenvalue weighted by Gasteiger charge is 2.62. The first-order valence-corrected chi connectivity index (χ1v) is 11.6. The van der Waals surface area contributed by atoms with Gasteiger partial charge in [0.25, 0.3) is 5.91 Å². The number of hydrogen-bond donors (Lipinski definition) is 2. The molecule has 1 amide bonds. The SMILES string of the molecule is CC(=O)O[C@@H]1[C@H](O)C2=C(C(=O)N([C@@H](Cc3ccccc3)C(=O)O)C2)[C@@]2(C)CCCC(C)(C)[C@H]12. The molecule has 0 bridgehead atoms. The number of carboxylic acids is 1. The Morgan fingerprint density at radius 1 is 1.18 bits per heavy atom. The number of benzene rings is 1. The summed E-state index contributed by atoms with van der Waals surface area (Å²) >= 11 is 0. The summed E-state index contributed by atoms with van der Waals surface area (Å²) in [6, 6.07) is 8.17. The molecule has 1 aliphatic heterocycles. The van der Waals surface area contributed by atoms with E-state index in [1.54, 1.807) is 0 Å². The van der Waals surface area contributed by atoms with Gasteiger partial charge in [0, 0.05) is 36.8 Å². The molecule has 0 unspecified atom stereocenters. The maximum atomic E-state index is 13.8. The van der Waals surface area contributed by atoms with Crippen LogP contribution in [-0.4, -0.2) is 57.8 Å². The van der Waals surface area contributed by atoms with E-state index >= 15 is 0 Å². The second kappa shape index (κ2) is 8.28. The van der Waals surface area contributed by atoms with Crippen LogP contribution in [-0.2, 0) is 25.5 Å². The molecule has 1 aromatic carbocycles. The van der Waals surface area contributed by atoms with Crippen molar-refractivity contribution in [1.82, 2.24) is 4.90 Å². The third kappa shape index (κ3) is 3.86. The minimum absolute atomic E-state index is 0.0274. The molecule has 2 N–H and O–H groups in total. The van der Waals surface area contributed by atoms with Gasteiger partial charge in [0.05, 0.1) is 0 Å². The van der Waals surface area contributed by atoms with Gasteiger partial charge in [-0.2, -0.15) is 0 Å². The third-order valence-electron chi connectivity index (χ3n) is 7.99. The summed E-state index contributed by atoms with van der Waals surface area (Å²) < 4.78 is 5.69. The Labute approximate surface area is 194 Å². The standard InChI is InChI=1S/C26H33NO6/c1-15(28)33-21-20(29)17-14-27(18(24(31)32)13-16-9-6-5-7-10-16)23(30)19(17)26(4)12-8-11-25(2,3)22(21)26/h5-7,9-10,18,20-22,29H,8,11-14H2,1-4H3,(H,31,32)/t18-,20+,21+,22-,26+/m0/s1. The molecule has 1 fully saturated rings. The van der Waals surface area contributed by atoms with Gasteiger partial charge in [-0.05, 0) is 29.4 Å². The summed E-state index contributed by atoms with van der Waals surface area (Å²) in [6.45, 7) is 7.56. The van der Waals surface area contributed by atoms with Gasteiger partial charge in [0.2, 0.25) is 0 Å². The van der Waals surface area contributed by atoms with Gasteiger partial charge in [-0.15, -0.1) is 0 Å². The Kier molecular flexibility index (Phi) is 5.89. The van der Waals surface area contributed by atoms with Crippen LogP contribution in [0, 0.1) is 16.7 Å². The summed E-state index contributed by atoms with van der Waals surface area (Å²) in [5, 5.41) is 21.4. The number of esters is 1. The van der Waals surface area contributed by atoms with Gasteiger partial charge in [-0.25, -0.2) is 4.79 Å². The molecule has 5 atom stereocenters. The number of carboxylic acid groups (broad SMARTS) is 1. The Balaban J connectivity index is 1.75. The Hall–Kier alpha value is -2.67. The van der Waals surface area contributed by atoms with Crippen LogP contribution in [0.4, 0.5) is 0 Å². The van der Waals surface area contributed by atoms with Gasteiger partial charge in [0.1, 0.15) is 18.2 Å². The summed E-state index contributed by atoms with van der Waals surface area (Å²) in [7, 11) is 0. The van der Waals surface area contributed by atoms with E-state index in [0.717, 1.165) is 24.8 Å². The number of aliphatic hydroxyl groups is 1. The minimum Gasteiger partial charge on any atom is -0.480 e. The monoisotopic (exact) mass is 455 g/mol. The van der Waals surface area contributed by atoms with Crippen molar-refractivity contribution in [3.63, 3.8) is 0 Å². The van der Waals surface area contributed by atoms with Crippen molar-refractivity contribution in [1.29, 1.82) is 0 Å². The average molecular weight is 456 g/mol. The van der Waals surface area contributed by atoms with E-state index in [1.165, 1.54) is 11.8 Å². The van der Waals surface area contributed by atoms with Crippen LogP contribution < -0.4 is 0 Å². The number of nitrogens with zero attached hydrogens (tertiary/aromatic N) is 1. The van der Waals surface area contributed by atoms with E-state index in [0.29, 0.717) is 11.1 Å². The summed E-state index contributed by atoms with van der Waals surface area (Å²) in [5.74, 6) is -2.12. The van der Waals surface area contributed by atoms with E-state index < -0.39 is 35.6 Å². The average Bonchev–Trinajstić information content (AvgIpc) is 3.07. The Morgan fingerprint density at radius 2 is 1.85 bits per heavy atom. The van der Waals surface area contributed by atoms with Crippen LogP contribution in [0.25, 0.3) is 0 Å². The van der Waals surface area contributed by atoms with Crippen molar-refractivity contribution in [3.05, 3.63) is 47.0 Å². The number of hydrogen-bond acceptors (Lipinski definition) is 5. The van der Waals surface area contributed by atoms with E-state index in [2.05, 4.69) is 13.8 Å². The van der Waals surface area contributed by atoms with Crippen molar-refractivity contribution in [2.45, 2.75) is 71.6 Å². The van der Waals surface area contributed by atoms with Crippen LogP contribution in [0.1, 0.15) is 52.5 Å². The lowest BCUT2D eigenvalue weighted by Crippen LogP contribution is -2.58. The first-order chi connectivity index (χ1) is 15.5. The molecule has 0 spiro atoms. The van der Waals surface area contributed by atoms with Crippen molar-refractivity contribution in [2.75, 3.05) is 6.54 Å². The number of fused-ring (bicyclic) bond motifs is 2. The number of aliphatic hydroxyl groups excluding tert-OH is 1. The highest BCUT2D eigenvalue weighted by Crippen LogP contribution is 2.61. The molecular formula is C26H33NO6. The first kappa shape index (κ1) is 23.5. The minimum atomic E-state index is -1.14. The van der Waals surface area contributed by atoms with E-state index in [4.69, 9.17) is 4.74 Å². The third-order valence-corrected chi connectivity index (χ3v) is 7.99. The molecule has 4 rings (SSSR count). The molecule has 7 heteroatoms. The number of aliphatic carboxylic acids is 1.